The van der Waals surface area contributed by atoms with Crippen molar-refractivity contribution in [1.29, 1.82) is 0 Å². The smallest absolute Gasteiger partial charge is 0.0545 e. The number of rotatable bonds is 22. The molecule has 7 aromatic rings. The fraction of sp³-hybridized carbons (Fsp3) is 0.522. The zero-order valence-corrected chi connectivity index (χ0v) is 34.1. The van der Waals surface area contributed by atoms with E-state index in [1.807, 2.05) is 0 Å². The van der Waals surface area contributed by atoms with E-state index in [0.717, 1.165) is 0 Å². The van der Waals surface area contributed by atoms with Gasteiger partial charge in [0.1, 0.15) is 0 Å². The van der Waals surface area contributed by atoms with Crippen molar-refractivity contribution in [1.82, 2.24) is 0 Å². The molecule has 3 aromatic carbocycles. The molecule has 4 aromatic heterocycles. The highest BCUT2D eigenvalue weighted by atomic mass is 32.1. The number of aryl methyl sites for hydroxylation is 2. The van der Waals surface area contributed by atoms with Gasteiger partial charge in [0.15, 0.2) is 0 Å². The lowest BCUT2D eigenvalue weighted by atomic mass is 9.94. The van der Waals surface area contributed by atoms with E-state index in [1.165, 1.54) is 161 Å². The first-order valence-electron chi connectivity index (χ1n) is 20.4. The molecule has 0 amide bonds. The number of hydrogen-bond acceptors (Lipinski definition) is 4. The van der Waals surface area contributed by atoms with Gasteiger partial charge in [-0.3, -0.25) is 0 Å². The second-order valence-electron chi connectivity index (χ2n) is 14.9. The van der Waals surface area contributed by atoms with Crippen LogP contribution in [-0.4, -0.2) is 0 Å². The minimum atomic E-state index is 1.22. The molecule has 0 atom stereocenters. The second-order valence-corrected chi connectivity index (χ2v) is 19.1. The molecule has 0 saturated heterocycles. The molecule has 0 aliphatic carbocycles. The topological polar surface area (TPSA) is 0 Å². The second kappa shape index (κ2) is 18.2. The maximum Gasteiger partial charge on any atom is 0.0545 e. The zero-order valence-electron chi connectivity index (χ0n) is 30.8. The number of hydrogen-bond donors (Lipinski definition) is 0. The van der Waals surface area contributed by atoms with Crippen LogP contribution in [0.4, 0.5) is 0 Å². The maximum atomic E-state index is 2.37. The van der Waals surface area contributed by atoms with Crippen LogP contribution in [0.1, 0.15) is 153 Å². The van der Waals surface area contributed by atoms with E-state index in [4.69, 9.17) is 0 Å². The van der Waals surface area contributed by atoms with E-state index < -0.39 is 0 Å². The average Bonchev–Trinajstić information content (AvgIpc) is 3.89. The van der Waals surface area contributed by atoms with Gasteiger partial charge >= 0.3 is 0 Å². The van der Waals surface area contributed by atoms with Crippen molar-refractivity contribution >= 4 is 104 Å². The monoisotopic (exact) mass is 738 g/mol. The van der Waals surface area contributed by atoms with Gasteiger partial charge in [-0.1, -0.05) is 166 Å². The number of thiophene rings is 4. The summed E-state index contributed by atoms with van der Waals surface area (Å²) in [5.41, 5.74) is 3.35. The van der Waals surface area contributed by atoms with Crippen molar-refractivity contribution in [3.8, 4) is 0 Å². The Morgan fingerprint density at radius 2 is 0.680 bits per heavy atom. The highest BCUT2D eigenvalue weighted by Crippen LogP contribution is 2.54. The van der Waals surface area contributed by atoms with E-state index >= 15 is 0 Å². The molecule has 7 rings (SSSR count). The number of benzene rings is 3. The van der Waals surface area contributed by atoms with Crippen LogP contribution in [-0.2, 0) is 12.8 Å². The molecule has 0 radical (unpaired) electrons. The first-order valence-corrected chi connectivity index (χ1v) is 23.7. The molecule has 0 aliphatic rings. The molecule has 266 valence electrons. The Morgan fingerprint density at radius 3 is 1.06 bits per heavy atom. The summed E-state index contributed by atoms with van der Waals surface area (Å²) in [5, 5.41) is 6.21. The molecule has 4 heterocycles. The van der Waals surface area contributed by atoms with Crippen LogP contribution in [0.25, 0.3) is 59.1 Å². The Bertz CT molecular complexity index is 1960. The number of unbranched alkanes of at least 4 members (excludes halogenated alkanes) is 18. The SMILES string of the molecule is CCCCCCCCCCCCc1c2sc3c4ccccc4sc3c2c(CCCCCCCCCCCC)c2sc3c4ccccc4sc3c12. The van der Waals surface area contributed by atoms with Gasteiger partial charge in [0, 0.05) is 40.3 Å². The van der Waals surface area contributed by atoms with Crippen molar-refractivity contribution < 1.29 is 0 Å². The van der Waals surface area contributed by atoms with Gasteiger partial charge < -0.3 is 0 Å². The van der Waals surface area contributed by atoms with Crippen LogP contribution in [0.3, 0.4) is 0 Å². The minimum absolute atomic E-state index is 1.22. The summed E-state index contributed by atoms with van der Waals surface area (Å²) in [6, 6.07) is 18.4. The molecule has 0 unspecified atom stereocenters. The lowest BCUT2D eigenvalue weighted by Crippen LogP contribution is -1.94. The minimum Gasteiger partial charge on any atom is -0.134 e. The quantitative estimate of drug-likeness (QED) is 0.0608. The molecular formula is C46H58S4. The van der Waals surface area contributed by atoms with E-state index in [9.17, 15) is 0 Å². The predicted molar refractivity (Wildman–Crippen MR) is 234 cm³/mol. The summed E-state index contributed by atoms with van der Waals surface area (Å²) in [7, 11) is 0. The summed E-state index contributed by atoms with van der Waals surface area (Å²) in [6.07, 6.45) is 30.3. The van der Waals surface area contributed by atoms with Crippen LogP contribution >= 0.6 is 45.3 Å². The van der Waals surface area contributed by atoms with Crippen LogP contribution in [0, 0.1) is 0 Å². The van der Waals surface area contributed by atoms with Gasteiger partial charge in [0.25, 0.3) is 0 Å². The van der Waals surface area contributed by atoms with Gasteiger partial charge in [0.2, 0.25) is 0 Å². The molecule has 4 heteroatoms. The van der Waals surface area contributed by atoms with Crippen molar-refractivity contribution in [3.63, 3.8) is 0 Å². The maximum absolute atomic E-state index is 2.37. The van der Waals surface area contributed by atoms with Crippen LogP contribution in [0.5, 0.6) is 0 Å². The average molecular weight is 739 g/mol. The lowest BCUT2D eigenvalue weighted by Gasteiger charge is -2.13. The Labute approximate surface area is 317 Å². The zero-order chi connectivity index (χ0) is 34.1. The molecule has 0 saturated carbocycles. The largest absolute Gasteiger partial charge is 0.134 e. The molecule has 50 heavy (non-hydrogen) atoms. The van der Waals surface area contributed by atoms with Gasteiger partial charge in [-0.25, -0.2) is 0 Å². The predicted octanol–water partition coefficient (Wildman–Crippen LogP) is 17.8. The Morgan fingerprint density at radius 1 is 0.340 bits per heavy atom. The first-order chi connectivity index (χ1) is 24.8. The molecule has 0 aliphatic heterocycles. The molecular weight excluding hydrogens is 681 g/mol. The van der Waals surface area contributed by atoms with Gasteiger partial charge in [-0.2, -0.15) is 0 Å². The van der Waals surface area contributed by atoms with E-state index in [-0.39, 0.29) is 0 Å². The molecule has 0 bridgehead atoms. The lowest BCUT2D eigenvalue weighted by molar-refractivity contribution is 0.556. The van der Waals surface area contributed by atoms with E-state index in [1.54, 1.807) is 50.1 Å². The van der Waals surface area contributed by atoms with Crippen molar-refractivity contribution in [3.05, 3.63) is 59.7 Å². The molecule has 0 spiro atoms. The highest BCUT2D eigenvalue weighted by molar-refractivity contribution is 7.38. The van der Waals surface area contributed by atoms with Gasteiger partial charge in [0.05, 0.1) is 18.8 Å². The normalized spacial score (nSPS) is 12.4. The van der Waals surface area contributed by atoms with Crippen LogP contribution in [0.15, 0.2) is 48.5 Å². The third kappa shape index (κ3) is 7.99. The van der Waals surface area contributed by atoms with Crippen LogP contribution in [0.2, 0.25) is 0 Å². The molecule has 0 nitrogen and oxygen atoms in total. The summed E-state index contributed by atoms with van der Waals surface area (Å²) < 4.78 is 12.4. The Balaban J connectivity index is 1.20. The molecule has 0 fully saturated rings. The summed E-state index contributed by atoms with van der Waals surface area (Å²) in [6.45, 7) is 4.63. The third-order valence-corrected chi connectivity index (χ3v) is 16.3. The highest BCUT2D eigenvalue weighted by Gasteiger charge is 2.25. The summed E-state index contributed by atoms with van der Waals surface area (Å²) >= 11 is 8.39. The summed E-state index contributed by atoms with van der Waals surface area (Å²) in [4.78, 5) is 0. The van der Waals surface area contributed by atoms with Gasteiger partial charge in [-0.15, -0.1) is 45.3 Å². The van der Waals surface area contributed by atoms with Gasteiger partial charge in [-0.05, 0) is 48.9 Å². The van der Waals surface area contributed by atoms with E-state index in [0.29, 0.717) is 0 Å². The third-order valence-electron chi connectivity index (χ3n) is 11.1. The van der Waals surface area contributed by atoms with E-state index in [2.05, 4.69) is 108 Å². The number of fused-ring (bicyclic) bond motifs is 10. The standard InChI is InChI=1S/C46H58S4/c1-3-5-7-9-11-13-15-17-19-21-29-35-39-42(50-43-33-27-23-25-31-37(33)47-45(39)43)36(30-22-20-18-16-14-12-10-8-6-4-2)40-41(35)49-44-34-28-24-26-32-38(34)48-46(40)44/h23-28,31-32H,3-22,29-30H2,1-2H3. The van der Waals surface area contributed by atoms with Crippen molar-refractivity contribution in [2.24, 2.45) is 0 Å². The summed E-state index contributed by atoms with van der Waals surface area (Å²) in [5.74, 6) is 0. The fourth-order valence-corrected chi connectivity index (χ4v) is 14.1. The first kappa shape index (κ1) is 36.4. The fourth-order valence-electron chi connectivity index (χ4n) is 8.34. The van der Waals surface area contributed by atoms with Crippen molar-refractivity contribution in [2.45, 2.75) is 155 Å². The van der Waals surface area contributed by atoms with Crippen molar-refractivity contribution in [2.75, 3.05) is 0 Å². The molecule has 0 N–H and O–H groups in total. The Hall–Kier alpha value is -1.98. The Kier molecular flexibility index (Phi) is 13.2. The van der Waals surface area contributed by atoms with Crippen LogP contribution < -0.4 is 0 Å².